The highest BCUT2D eigenvalue weighted by Crippen LogP contribution is 2.27. The molecule has 5 heteroatoms. The highest BCUT2D eigenvalue weighted by atomic mass is 32.2. The Labute approximate surface area is 102 Å². The van der Waals surface area contributed by atoms with Crippen molar-refractivity contribution in [2.24, 2.45) is 5.73 Å². The first-order chi connectivity index (χ1) is 7.83. The van der Waals surface area contributed by atoms with Crippen molar-refractivity contribution < 1.29 is 13.5 Å². The monoisotopic (exact) mass is 257 g/mol. The Bertz CT molecular complexity index is 467. The van der Waals surface area contributed by atoms with Gasteiger partial charge in [-0.15, -0.1) is 0 Å². The lowest BCUT2D eigenvalue weighted by Gasteiger charge is -2.27. The second-order valence-corrected chi connectivity index (χ2v) is 6.55. The summed E-state index contributed by atoms with van der Waals surface area (Å²) in [7, 11) is -3.16. The van der Waals surface area contributed by atoms with E-state index >= 15 is 0 Å². The molecule has 0 aromatic heterocycles. The number of benzene rings is 1. The maximum atomic E-state index is 11.3. The van der Waals surface area contributed by atoms with Crippen molar-refractivity contribution in [3.63, 3.8) is 0 Å². The summed E-state index contributed by atoms with van der Waals surface area (Å²) in [6, 6.07) is 6.68. The molecule has 0 radical (unpaired) electrons. The molecule has 96 valence electrons. The van der Waals surface area contributed by atoms with Gasteiger partial charge in [0.15, 0.2) is 9.84 Å². The van der Waals surface area contributed by atoms with E-state index in [1.54, 1.807) is 24.3 Å². The molecule has 1 atom stereocenters. The third-order valence-electron chi connectivity index (χ3n) is 3.09. The first-order valence-electron chi connectivity index (χ1n) is 5.45. The lowest BCUT2D eigenvalue weighted by Crippen LogP contribution is -2.32. The summed E-state index contributed by atoms with van der Waals surface area (Å²) in [4.78, 5) is 0.296. The average molecular weight is 257 g/mol. The van der Waals surface area contributed by atoms with Gasteiger partial charge in [0.2, 0.25) is 0 Å². The standard InChI is InChI=1S/C12H19NO3S/c1-12(9-13,7-8-14)10-3-5-11(6-4-10)17(2,15)16/h3-6,14H,7-9,13H2,1-2H3. The van der Waals surface area contributed by atoms with Crippen LogP contribution in [0, 0.1) is 0 Å². The summed E-state index contributed by atoms with van der Waals surface area (Å²) in [5.74, 6) is 0. The molecule has 1 unspecified atom stereocenters. The summed E-state index contributed by atoms with van der Waals surface area (Å²) in [6.07, 6.45) is 1.74. The van der Waals surface area contributed by atoms with Gasteiger partial charge >= 0.3 is 0 Å². The van der Waals surface area contributed by atoms with Gasteiger partial charge in [0.05, 0.1) is 4.90 Å². The first-order valence-corrected chi connectivity index (χ1v) is 7.34. The largest absolute Gasteiger partial charge is 0.396 e. The molecule has 0 saturated heterocycles. The van der Waals surface area contributed by atoms with Crippen molar-refractivity contribution >= 4 is 9.84 Å². The van der Waals surface area contributed by atoms with E-state index in [1.807, 2.05) is 6.92 Å². The number of hydrogen-bond donors (Lipinski definition) is 2. The maximum Gasteiger partial charge on any atom is 0.175 e. The fourth-order valence-electron chi connectivity index (χ4n) is 1.72. The zero-order chi connectivity index (χ0) is 13.1. The highest BCUT2D eigenvalue weighted by Gasteiger charge is 2.24. The maximum absolute atomic E-state index is 11.3. The molecule has 0 heterocycles. The van der Waals surface area contributed by atoms with Crippen LogP contribution in [0.5, 0.6) is 0 Å². The SMILES string of the molecule is CC(CN)(CCO)c1ccc(S(C)(=O)=O)cc1. The Morgan fingerprint density at radius 2 is 1.82 bits per heavy atom. The Balaban J connectivity index is 3.09. The minimum atomic E-state index is -3.16. The number of aliphatic hydroxyl groups excluding tert-OH is 1. The number of sulfone groups is 1. The van der Waals surface area contributed by atoms with E-state index < -0.39 is 9.84 Å². The lowest BCUT2D eigenvalue weighted by molar-refractivity contribution is 0.247. The highest BCUT2D eigenvalue weighted by molar-refractivity contribution is 7.90. The lowest BCUT2D eigenvalue weighted by atomic mass is 9.80. The molecule has 3 N–H and O–H groups in total. The molecule has 1 aromatic carbocycles. The molecular weight excluding hydrogens is 238 g/mol. The third-order valence-corrected chi connectivity index (χ3v) is 4.22. The van der Waals surface area contributed by atoms with Crippen LogP contribution in [-0.2, 0) is 15.3 Å². The molecule has 1 aromatic rings. The molecule has 0 aliphatic carbocycles. The van der Waals surface area contributed by atoms with Gasteiger partial charge in [-0.3, -0.25) is 0 Å². The predicted octanol–water partition coefficient (Wildman–Crippen LogP) is 0.689. The van der Waals surface area contributed by atoms with Crippen molar-refractivity contribution in [1.29, 1.82) is 0 Å². The van der Waals surface area contributed by atoms with E-state index in [4.69, 9.17) is 10.8 Å². The van der Waals surface area contributed by atoms with Crippen molar-refractivity contribution in [3.05, 3.63) is 29.8 Å². The fourth-order valence-corrected chi connectivity index (χ4v) is 2.35. The molecule has 0 fully saturated rings. The van der Waals surface area contributed by atoms with Crippen LogP contribution >= 0.6 is 0 Å². The number of aliphatic hydroxyl groups is 1. The van der Waals surface area contributed by atoms with Crippen molar-refractivity contribution in [3.8, 4) is 0 Å². The Morgan fingerprint density at radius 3 is 2.18 bits per heavy atom. The van der Waals surface area contributed by atoms with E-state index in [9.17, 15) is 8.42 Å². The smallest absolute Gasteiger partial charge is 0.175 e. The molecule has 4 nitrogen and oxygen atoms in total. The summed E-state index contributed by atoms with van der Waals surface area (Å²) in [5, 5.41) is 9.03. The van der Waals surface area contributed by atoms with Crippen LogP contribution in [0.1, 0.15) is 18.9 Å². The minimum Gasteiger partial charge on any atom is -0.396 e. The van der Waals surface area contributed by atoms with E-state index in [1.165, 1.54) is 6.26 Å². The predicted molar refractivity (Wildman–Crippen MR) is 67.7 cm³/mol. The summed E-state index contributed by atoms with van der Waals surface area (Å²) < 4.78 is 22.6. The van der Waals surface area contributed by atoms with Crippen LogP contribution in [-0.4, -0.2) is 32.9 Å². The van der Waals surface area contributed by atoms with Gasteiger partial charge in [0, 0.05) is 24.8 Å². The summed E-state index contributed by atoms with van der Waals surface area (Å²) in [6.45, 7) is 2.42. The van der Waals surface area contributed by atoms with Gasteiger partial charge in [-0.25, -0.2) is 8.42 Å². The number of rotatable bonds is 5. The van der Waals surface area contributed by atoms with Gasteiger partial charge in [-0.05, 0) is 24.1 Å². The quantitative estimate of drug-likeness (QED) is 0.813. The van der Waals surface area contributed by atoms with E-state index in [2.05, 4.69) is 0 Å². The van der Waals surface area contributed by atoms with Crippen LogP contribution in [0.2, 0.25) is 0 Å². The molecule has 0 aliphatic heterocycles. The van der Waals surface area contributed by atoms with Gasteiger partial charge < -0.3 is 10.8 Å². The normalized spacial score (nSPS) is 15.5. The van der Waals surface area contributed by atoms with Gasteiger partial charge in [0.25, 0.3) is 0 Å². The summed E-state index contributed by atoms with van der Waals surface area (Å²) in [5.41, 5.74) is 6.35. The molecule has 0 amide bonds. The zero-order valence-corrected chi connectivity index (χ0v) is 11.0. The first kappa shape index (κ1) is 14.2. The molecule has 17 heavy (non-hydrogen) atoms. The fraction of sp³-hybridized carbons (Fsp3) is 0.500. The van der Waals surface area contributed by atoms with Crippen LogP contribution in [0.3, 0.4) is 0 Å². The van der Waals surface area contributed by atoms with Crippen LogP contribution in [0.25, 0.3) is 0 Å². The molecule has 0 saturated carbocycles. The van der Waals surface area contributed by atoms with Crippen molar-refractivity contribution in [1.82, 2.24) is 0 Å². The van der Waals surface area contributed by atoms with Crippen LogP contribution < -0.4 is 5.73 Å². The Morgan fingerprint density at radius 1 is 1.29 bits per heavy atom. The number of hydrogen-bond acceptors (Lipinski definition) is 4. The molecule has 0 spiro atoms. The van der Waals surface area contributed by atoms with E-state index in [0.29, 0.717) is 17.9 Å². The van der Waals surface area contributed by atoms with E-state index in [-0.39, 0.29) is 12.0 Å². The Hall–Kier alpha value is -0.910. The van der Waals surface area contributed by atoms with Gasteiger partial charge in [-0.2, -0.15) is 0 Å². The third kappa shape index (κ3) is 3.28. The second-order valence-electron chi connectivity index (χ2n) is 4.53. The van der Waals surface area contributed by atoms with Crippen LogP contribution in [0.4, 0.5) is 0 Å². The van der Waals surface area contributed by atoms with Gasteiger partial charge in [0.1, 0.15) is 0 Å². The van der Waals surface area contributed by atoms with Crippen LogP contribution in [0.15, 0.2) is 29.2 Å². The van der Waals surface area contributed by atoms with Crippen molar-refractivity contribution in [2.75, 3.05) is 19.4 Å². The topological polar surface area (TPSA) is 80.4 Å². The number of nitrogens with two attached hydrogens (primary N) is 1. The minimum absolute atomic E-state index is 0.0571. The second kappa shape index (κ2) is 5.16. The van der Waals surface area contributed by atoms with Gasteiger partial charge in [-0.1, -0.05) is 19.1 Å². The summed E-state index contributed by atoms with van der Waals surface area (Å²) >= 11 is 0. The molecule has 0 aliphatic rings. The molecule has 1 rings (SSSR count). The van der Waals surface area contributed by atoms with Crippen molar-refractivity contribution in [2.45, 2.75) is 23.7 Å². The molecular formula is C12H19NO3S. The average Bonchev–Trinajstić information content (AvgIpc) is 2.28. The zero-order valence-electron chi connectivity index (χ0n) is 10.2. The molecule has 0 bridgehead atoms. The Kier molecular flexibility index (Phi) is 4.30. The van der Waals surface area contributed by atoms with E-state index in [0.717, 1.165) is 5.56 Å².